The minimum absolute atomic E-state index is 0.129. The van der Waals surface area contributed by atoms with Crippen LogP contribution in [-0.4, -0.2) is 26.7 Å². The van der Waals surface area contributed by atoms with E-state index in [1.54, 1.807) is 0 Å². The highest BCUT2D eigenvalue weighted by atomic mass is 16.7. The van der Waals surface area contributed by atoms with Gasteiger partial charge in [0.05, 0.1) is 5.60 Å². The smallest absolute Gasteiger partial charge is 0.268 e. The summed E-state index contributed by atoms with van der Waals surface area (Å²) >= 11 is 0. The Bertz CT molecular complexity index is 275. The minimum atomic E-state index is -0.438. The average Bonchev–Trinajstić information content (AvgIpc) is 2.50. The monoisotopic (exact) mass is 184 g/mol. The normalized spacial score (nSPS) is 11.3. The Hall–Kier alpha value is -1.43. The van der Waals surface area contributed by atoms with Crippen LogP contribution >= 0.6 is 0 Å². The average molecular weight is 184 g/mol. The van der Waals surface area contributed by atoms with Crippen LogP contribution in [-0.2, 0) is 4.84 Å². The molecule has 0 saturated carbocycles. The summed E-state index contributed by atoms with van der Waals surface area (Å²) in [5.74, 6) is -0.309. The fraction of sp³-hybridized carbons (Fsp3) is 0.571. The third kappa shape index (κ3) is 3.20. The zero-order chi connectivity index (χ0) is 9.90. The number of H-pyrrole nitrogens is 1. The number of nitrogens with zero attached hydrogens (tertiary/aromatic N) is 2. The Labute approximate surface area is 75.7 Å². The van der Waals surface area contributed by atoms with Crippen molar-refractivity contribution in [3.8, 4) is 0 Å². The third-order valence-electron chi connectivity index (χ3n) is 1.08. The van der Waals surface area contributed by atoms with E-state index in [2.05, 4.69) is 20.7 Å². The molecule has 0 spiro atoms. The molecular formula is C7H12N4O2. The lowest BCUT2D eigenvalue weighted by atomic mass is 10.2. The SMILES string of the molecule is CC(C)(C)ONC(=O)c1ncn[nH]1. The van der Waals surface area contributed by atoms with E-state index >= 15 is 0 Å². The Kier molecular flexibility index (Phi) is 2.62. The Morgan fingerprint density at radius 3 is 2.77 bits per heavy atom. The van der Waals surface area contributed by atoms with Crippen LogP contribution in [0, 0.1) is 0 Å². The van der Waals surface area contributed by atoms with Gasteiger partial charge in [-0.2, -0.15) is 5.10 Å². The standard InChI is InChI=1S/C7H12N4O2/c1-7(2,3)13-11-6(12)5-8-4-9-10-5/h4H,1-3H3,(H,11,12)(H,8,9,10). The molecule has 0 fully saturated rings. The molecule has 1 aromatic rings. The predicted molar refractivity (Wildman–Crippen MR) is 44.7 cm³/mol. The van der Waals surface area contributed by atoms with Gasteiger partial charge in [0.2, 0.25) is 5.82 Å². The highest BCUT2D eigenvalue weighted by Gasteiger charge is 2.14. The van der Waals surface area contributed by atoms with Gasteiger partial charge in [0.15, 0.2) is 0 Å². The highest BCUT2D eigenvalue weighted by Crippen LogP contribution is 2.03. The number of amides is 1. The Morgan fingerprint density at radius 1 is 1.62 bits per heavy atom. The first-order valence-corrected chi connectivity index (χ1v) is 3.83. The summed E-state index contributed by atoms with van der Waals surface area (Å²) in [5.41, 5.74) is 1.83. The molecule has 0 aromatic carbocycles. The molecule has 0 atom stereocenters. The van der Waals surface area contributed by atoms with Crippen molar-refractivity contribution in [3.05, 3.63) is 12.2 Å². The second-order valence-electron chi connectivity index (χ2n) is 3.48. The Morgan fingerprint density at radius 2 is 2.31 bits per heavy atom. The summed E-state index contributed by atoms with van der Waals surface area (Å²) < 4.78 is 0. The largest absolute Gasteiger partial charge is 0.312 e. The number of rotatable bonds is 2. The molecule has 0 aliphatic rings. The second-order valence-corrected chi connectivity index (χ2v) is 3.48. The number of carbonyl (C=O) groups is 1. The molecular weight excluding hydrogens is 172 g/mol. The van der Waals surface area contributed by atoms with Crippen molar-refractivity contribution in [2.75, 3.05) is 0 Å². The fourth-order valence-corrected chi connectivity index (χ4v) is 0.563. The minimum Gasteiger partial charge on any atom is -0.268 e. The second kappa shape index (κ2) is 3.53. The first kappa shape index (κ1) is 9.66. The fourth-order valence-electron chi connectivity index (χ4n) is 0.563. The zero-order valence-electron chi connectivity index (χ0n) is 7.79. The Balaban J connectivity index is 2.44. The molecule has 1 aromatic heterocycles. The lowest BCUT2D eigenvalue weighted by Crippen LogP contribution is -2.34. The molecule has 0 bridgehead atoms. The summed E-state index contributed by atoms with van der Waals surface area (Å²) in [5, 5.41) is 5.96. The van der Waals surface area contributed by atoms with Crippen LogP contribution in [0.4, 0.5) is 0 Å². The van der Waals surface area contributed by atoms with Gasteiger partial charge in [-0.3, -0.25) is 14.7 Å². The molecule has 0 unspecified atom stereocenters. The number of carbonyl (C=O) groups excluding carboxylic acids is 1. The van der Waals surface area contributed by atoms with Crippen molar-refractivity contribution < 1.29 is 9.63 Å². The van der Waals surface area contributed by atoms with Gasteiger partial charge in [-0.05, 0) is 20.8 Å². The summed E-state index contributed by atoms with van der Waals surface area (Å²) in [6, 6.07) is 0. The molecule has 0 radical (unpaired) electrons. The van der Waals surface area contributed by atoms with Gasteiger partial charge >= 0.3 is 5.91 Å². The van der Waals surface area contributed by atoms with Crippen molar-refractivity contribution in [2.24, 2.45) is 0 Å². The van der Waals surface area contributed by atoms with E-state index in [1.165, 1.54) is 6.33 Å². The highest BCUT2D eigenvalue weighted by molar-refractivity contribution is 5.89. The molecule has 72 valence electrons. The van der Waals surface area contributed by atoms with E-state index in [9.17, 15) is 4.79 Å². The summed E-state index contributed by atoms with van der Waals surface area (Å²) in [7, 11) is 0. The number of nitrogens with one attached hydrogen (secondary N) is 2. The molecule has 0 saturated heterocycles. The zero-order valence-corrected chi connectivity index (χ0v) is 7.79. The summed E-state index contributed by atoms with van der Waals surface area (Å²) in [4.78, 5) is 19.9. The lowest BCUT2D eigenvalue weighted by Gasteiger charge is -2.18. The van der Waals surface area contributed by atoms with Gasteiger partial charge < -0.3 is 0 Å². The van der Waals surface area contributed by atoms with Crippen LogP contribution in [0.3, 0.4) is 0 Å². The molecule has 6 heteroatoms. The number of hydroxylamine groups is 1. The third-order valence-corrected chi connectivity index (χ3v) is 1.08. The molecule has 1 amide bonds. The topological polar surface area (TPSA) is 79.9 Å². The molecule has 0 aliphatic heterocycles. The van der Waals surface area contributed by atoms with Crippen LogP contribution in [0.1, 0.15) is 31.4 Å². The van der Waals surface area contributed by atoms with E-state index in [1.807, 2.05) is 20.8 Å². The van der Waals surface area contributed by atoms with Gasteiger partial charge in [0, 0.05) is 0 Å². The van der Waals surface area contributed by atoms with Crippen LogP contribution in [0.5, 0.6) is 0 Å². The van der Waals surface area contributed by atoms with Gasteiger partial charge in [0.1, 0.15) is 6.33 Å². The van der Waals surface area contributed by atoms with Crippen LogP contribution in [0.25, 0.3) is 0 Å². The number of hydrogen-bond acceptors (Lipinski definition) is 4. The van der Waals surface area contributed by atoms with Gasteiger partial charge in [-0.25, -0.2) is 10.5 Å². The molecule has 13 heavy (non-hydrogen) atoms. The molecule has 1 heterocycles. The van der Waals surface area contributed by atoms with Gasteiger partial charge in [-0.1, -0.05) is 0 Å². The first-order valence-electron chi connectivity index (χ1n) is 3.83. The van der Waals surface area contributed by atoms with Crippen molar-refractivity contribution in [3.63, 3.8) is 0 Å². The molecule has 6 nitrogen and oxygen atoms in total. The van der Waals surface area contributed by atoms with E-state index in [0.29, 0.717) is 0 Å². The first-order chi connectivity index (χ1) is 5.99. The van der Waals surface area contributed by atoms with Crippen LogP contribution in [0.2, 0.25) is 0 Å². The van der Waals surface area contributed by atoms with Crippen LogP contribution in [0.15, 0.2) is 6.33 Å². The maximum absolute atomic E-state index is 11.2. The maximum atomic E-state index is 11.2. The summed E-state index contributed by atoms with van der Waals surface area (Å²) in [6.45, 7) is 5.48. The molecule has 2 N–H and O–H groups in total. The lowest BCUT2D eigenvalue weighted by molar-refractivity contribution is -0.0593. The van der Waals surface area contributed by atoms with Gasteiger partial charge in [0.25, 0.3) is 0 Å². The van der Waals surface area contributed by atoms with Crippen molar-refractivity contribution in [2.45, 2.75) is 26.4 Å². The van der Waals surface area contributed by atoms with Crippen molar-refractivity contribution in [1.82, 2.24) is 20.7 Å². The number of hydrogen-bond donors (Lipinski definition) is 2. The van der Waals surface area contributed by atoms with E-state index in [0.717, 1.165) is 0 Å². The van der Waals surface area contributed by atoms with E-state index in [4.69, 9.17) is 4.84 Å². The van der Waals surface area contributed by atoms with E-state index < -0.39 is 11.5 Å². The number of aromatic nitrogens is 3. The van der Waals surface area contributed by atoms with Crippen molar-refractivity contribution >= 4 is 5.91 Å². The van der Waals surface area contributed by atoms with Gasteiger partial charge in [-0.15, -0.1) is 0 Å². The maximum Gasteiger partial charge on any atom is 0.312 e. The molecule has 0 aliphatic carbocycles. The molecule has 1 rings (SSSR count). The quantitative estimate of drug-likeness (QED) is 0.646. The van der Waals surface area contributed by atoms with Crippen LogP contribution < -0.4 is 5.48 Å². The van der Waals surface area contributed by atoms with E-state index in [-0.39, 0.29) is 5.82 Å². The summed E-state index contributed by atoms with van der Waals surface area (Å²) in [6.07, 6.45) is 1.26. The number of aromatic amines is 1. The predicted octanol–water partition coefficient (Wildman–Crippen LogP) is 0.265. The van der Waals surface area contributed by atoms with Crippen molar-refractivity contribution in [1.29, 1.82) is 0 Å².